The Balaban J connectivity index is 1.55. The number of carbonyl (C=O) groups is 4. The maximum atomic E-state index is 13.9. The lowest BCUT2D eigenvalue weighted by Crippen LogP contribution is -2.73. The van der Waals surface area contributed by atoms with Gasteiger partial charge in [0.25, 0.3) is 0 Å². The number of esters is 3. The maximum Gasteiger partial charge on any atom is 0.309 e. The van der Waals surface area contributed by atoms with Gasteiger partial charge in [-0.1, -0.05) is 41.5 Å². The molecule has 2 heterocycles. The number of rotatable bonds is 6. The van der Waals surface area contributed by atoms with Gasteiger partial charge in [0.15, 0.2) is 5.78 Å². The molecule has 0 radical (unpaired) electrons. The number of carbonyl (C=O) groups excluding carboxylic acids is 4. The molecule has 1 saturated heterocycles. The molecule has 12 atom stereocenters. The maximum absolute atomic E-state index is 13.9. The molecule has 1 aromatic heterocycles. The van der Waals surface area contributed by atoms with Crippen LogP contribution in [0.5, 0.6) is 0 Å². The highest BCUT2D eigenvalue weighted by Gasteiger charge is 2.78. The van der Waals surface area contributed by atoms with Gasteiger partial charge in [-0.15, -0.1) is 0 Å². The van der Waals surface area contributed by atoms with Gasteiger partial charge in [0.1, 0.15) is 18.3 Å². The van der Waals surface area contributed by atoms with Gasteiger partial charge < -0.3 is 23.4 Å². The van der Waals surface area contributed by atoms with E-state index in [-0.39, 0.29) is 29.5 Å². The van der Waals surface area contributed by atoms with Gasteiger partial charge in [0.2, 0.25) is 0 Å². The fraction of sp³-hybridized carbons (Fsp3) is 0.714. The molecular weight excluding hydrogens is 564 g/mol. The quantitative estimate of drug-likeness (QED) is 0.301. The third-order valence-electron chi connectivity index (χ3n) is 12.6. The predicted octanol–water partition coefficient (Wildman–Crippen LogP) is 5.56. The molecule has 44 heavy (non-hydrogen) atoms. The van der Waals surface area contributed by atoms with E-state index in [1.807, 2.05) is 19.9 Å². The summed E-state index contributed by atoms with van der Waals surface area (Å²) in [6.45, 7) is 15.5. The molecule has 0 spiro atoms. The summed E-state index contributed by atoms with van der Waals surface area (Å²) in [6, 6.07) is 1.86. The molecule has 6 rings (SSSR count). The van der Waals surface area contributed by atoms with Crippen molar-refractivity contribution in [3.63, 3.8) is 0 Å². The zero-order chi connectivity index (χ0) is 32.0. The van der Waals surface area contributed by atoms with Crippen molar-refractivity contribution in [2.24, 2.45) is 39.4 Å². The van der Waals surface area contributed by atoms with Crippen LogP contribution in [0, 0.1) is 39.4 Å². The lowest BCUT2D eigenvalue weighted by atomic mass is 9.36. The predicted molar refractivity (Wildman–Crippen MR) is 158 cm³/mol. The van der Waals surface area contributed by atoms with E-state index in [9.17, 15) is 19.2 Å². The Morgan fingerprint density at radius 2 is 1.73 bits per heavy atom. The Bertz CT molecular complexity index is 1400. The molecule has 3 saturated carbocycles. The van der Waals surface area contributed by atoms with E-state index >= 15 is 0 Å². The zero-order valence-electron chi connectivity index (χ0n) is 27.1. The molecule has 4 fully saturated rings. The van der Waals surface area contributed by atoms with Crippen molar-refractivity contribution in [3.8, 4) is 0 Å². The van der Waals surface area contributed by atoms with Gasteiger partial charge in [-0.05, 0) is 42.9 Å². The first-order valence-electron chi connectivity index (χ1n) is 16.1. The Hall–Kier alpha value is -2.94. The Morgan fingerprint density at radius 1 is 1.05 bits per heavy atom. The van der Waals surface area contributed by atoms with Crippen LogP contribution >= 0.6 is 0 Å². The molecule has 9 nitrogen and oxygen atoms in total. The van der Waals surface area contributed by atoms with Gasteiger partial charge in [-0.3, -0.25) is 19.2 Å². The summed E-state index contributed by atoms with van der Waals surface area (Å²) in [5.74, 6) is -2.22. The van der Waals surface area contributed by atoms with Crippen molar-refractivity contribution < 1.29 is 42.5 Å². The van der Waals surface area contributed by atoms with Crippen molar-refractivity contribution >= 4 is 23.7 Å². The number of fused-ring (bicyclic) bond motifs is 4. The normalized spacial score (nSPS) is 44.5. The number of hydrogen-bond acceptors (Lipinski definition) is 9. The highest BCUT2D eigenvalue weighted by atomic mass is 16.6. The molecule has 9 heteroatoms. The second kappa shape index (κ2) is 10.3. The molecule has 0 bridgehead atoms. The molecular formula is C35H46O9. The smallest absolute Gasteiger partial charge is 0.309 e. The third-order valence-corrected chi connectivity index (χ3v) is 12.6. The van der Waals surface area contributed by atoms with Crippen LogP contribution in [0.2, 0.25) is 0 Å². The summed E-state index contributed by atoms with van der Waals surface area (Å²) in [6.07, 6.45) is 5.05. The van der Waals surface area contributed by atoms with Gasteiger partial charge >= 0.3 is 17.9 Å². The fourth-order valence-corrected chi connectivity index (χ4v) is 10.6. The van der Waals surface area contributed by atoms with Crippen molar-refractivity contribution in [1.82, 2.24) is 0 Å². The third kappa shape index (κ3) is 4.06. The van der Waals surface area contributed by atoms with Gasteiger partial charge in [0.05, 0.1) is 37.1 Å². The van der Waals surface area contributed by atoms with Crippen LogP contribution in [-0.4, -0.2) is 54.7 Å². The second-order valence-corrected chi connectivity index (χ2v) is 15.0. The van der Waals surface area contributed by atoms with E-state index in [0.29, 0.717) is 19.4 Å². The fourth-order valence-electron chi connectivity index (χ4n) is 10.6. The van der Waals surface area contributed by atoms with Crippen LogP contribution in [0.15, 0.2) is 34.7 Å². The topological polar surface area (TPSA) is 118 Å². The van der Waals surface area contributed by atoms with E-state index in [1.165, 1.54) is 13.8 Å². The minimum Gasteiger partial charge on any atom is -0.472 e. The van der Waals surface area contributed by atoms with Crippen molar-refractivity contribution in [2.45, 2.75) is 111 Å². The lowest BCUT2D eigenvalue weighted by molar-refractivity contribution is -0.267. The average Bonchev–Trinajstić information content (AvgIpc) is 3.65. The Kier molecular flexibility index (Phi) is 7.27. The molecule has 1 aliphatic heterocycles. The van der Waals surface area contributed by atoms with Crippen LogP contribution in [0.3, 0.4) is 0 Å². The molecule has 0 amide bonds. The minimum absolute atomic E-state index is 0.0114. The van der Waals surface area contributed by atoms with Crippen LogP contribution in [0.1, 0.15) is 92.6 Å². The standard InChI is InChI=1S/C35H46O9/c1-9-18(2)31(39)44-30-28-29-33(6,17-41-28)25(42-19(3)36)15-26(43-20(4)37)35(29,8)23-10-12-32(5)24(34(23,30)7)14-22(38)27(32)21-11-13-40-16-21/h11,13-14,16,18,23,25-30H,9-10,12,15,17H2,1-8H3/t18-,23-,25+,26-,27+,28+,29-,30+,32+,33+,34+,35-/m0/s1. The molecule has 240 valence electrons. The molecule has 0 aromatic carbocycles. The van der Waals surface area contributed by atoms with Crippen molar-refractivity contribution in [2.75, 3.05) is 6.61 Å². The first kappa shape index (κ1) is 31.1. The first-order chi connectivity index (χ1) is 20.6. The van der Waals surface area contributed by atoms with E-state index < -0.39 is 63.9 Å². The largest absolute Gasteiger partial charge is 0.472 e. The Labute approximate surface area is 259 Å². The molecule has 0 unspecified atom stereocenters. The van der Waals surface area contributed by atoms with E-state index in [2.05, 4.69) is 27.7 Å². The van der Waals surface area contributed by atoms with E-state index in [0.717, 1.165) is 24.0 Å². The van der Waals surface area contributed by atoms with Crippen molar-refractivity contribution in [3.05, 3.63) is 35.8 Å². The average molecular weight is 611 g/mol. The Morgan fingerprint density at radius 3 is 2.34 bits per heavy atom. The molecule has 0 N–H and O–H groups in total. The van der Waals surface area contributed by atoms with Gasteiger partial charge in [0, 0.05) is 53.4 Å². The molecule has 5 aliphatic rings. The minimum atomic E-state index is -0.807. The van der Waals surface area contributed by atoms with Crippen LogP contribution in [-0.2, 0) is 38.1 Å². The highest BCUT2D eigenvalue weighted by Crippen LogP contribution is 2.75. The number of ketones is 1. The number of allylic oxidation sites excluding steroid dienone is 1. The summed E-state index contributed by atoms with van der Waals surface area (Å²) < 4.78 is 30.8. The summed E-state index contributed by atoms with van der Waals surface area (Å²) in [5, 5.41) is 0. The highest BCUT2D eigenvalue weighted by molar-refractivity contribution is 6.00. The monoisotopic (exact) mass is 610 g/mol. The van der Waals surface area contributed by atoms with Gasteiger partial charge in [-0.2, -0.15) is 0 Å². The lowest BCUT2D eigenvalue weighted by Gasteiger charge is -2.69. The first-order valence-corrected chi connectivity index (χ1v) is 16.1. The van der Waals surface area contributed by atoms with E-state index in [1.54, 1.807) is 18.6 Å². The summed E-state index contributed by atoms with van der Waals surface area (Å²) in [5.41, 5.74) is -0.791. The number of furan rings is 1. The molecule has 4 aliphatic carbocycles. The molecule has 1 aromatic rings. The van der Waals surface area contributed by atoms with E-state index in [4.69, 9.17) is 23.4 Å². The van der Waals surface area contributed by atoms with Crippen molar-refractivity contribution in [1.29, 1.82) is 0 Å². The van der Waals surface area contributed by atoms with Crippen LogP contribution < -0.4 is 0 Å². The number of hydrogen-bond donors (Lipinski definition) is 0. The summed E-state index contributed by atoms with van der Waals surface area (Å²) in [7, 11) is 0. The second-order valence-electron chi connectivity index (χ2n) is 15.0. The summed E-state index contributed by atoms with van der Waals surface area (Å²) >= 11 is 0. The SMILES string of the molecule is CC[C@H](C)C(=O)O[C@@H]1[C@@H]2OC[C@]3(C)[C@H](OC(C)=O)C[C@H](OC(C)=O)[C@@](C)([C@@H]23)[C@H]2CC[C@]3(C)C(=CC(=O)[C@H]3c3ccoc3)[C@]12C. The van der Waals surface area contributed by atoms with Gasteiger partial charge in [-0.25, -0.2) is 0 Å². The zero-order valence-corrected chi connectivity index (χ0v) is 27.1. The summed E-state index contributed by atoms with van der Waals surface area (Å²) in [4.78, 5) is 52.5. The van der Waals surface area contributed by atoms with Crippen LogP contribution in [0.4, 0.5) is 0 Å². The number of ether oxygens (including phenoxy) is 4. The van der Waals surface area contributed by atoms with Crippen LogP contribution in [0.25, 0.3) is 0 Å².